The second kappa shape index (κ2) is 2.48. The summed E-state index contributed by atoms with van der Waals surface area (Å²) in [7, 11) is 1.96. The Morgan fingerprint density at radius 1 is 1.23 bits per heavy atom. The molecule has 0 amide bonds. The molecule has 0 aromatic rings. The van der Waals surface area contributed by atoms with E-state index in [1.807, 2.05) is 14.0 Å². The van der Waals surface area contributed by atoms with Gasteiger partial charge in [-0.3, -0.25) is 0 Å². The van der Waals surface area contributed by atoms with E-state index in [4.69, 9.17) is 0 Å². The molecule has 2 N–H and O–H groups in total. The molecular formula is C11H21NO. The molecule has 0 heterocycles. The van der Waals surface area contributed by atoms with Crippen molar-refractivity contribution in [3.63, 3.8) is 0 Å². The maximum Gasteiger partial charge on any atom is 0.0805 e. The van der Waals surface area contributed by atoms with Crippen molar-refractivity contribution in [2.45, 2.75) is 45.3 Å². The zero-order chi connectivity index (χ0) is 9.85. The lowest BCUT2D eigenvalue weighted by Crippen LogP contribution is -2.69. The standard InChI is InChI=1S/C11H21NO/c1-10(2)7-5-8(10)11(3,13)9(6-7)12-4/h7-9,12-13H,5-6H2,1-4H3/t7-,8-,9+,11-/m0/s1. The first-order valence-electron chi connectivity index (χ1n) is 5.30. The van der Waals surface area contributed by atoms with E-state index in [0.717, 1.165) is 12.3 Å². The molecule has 3 aliphatic carbocycles. The van der Waals surface area contributed by atoms with Crippen molar-refractivity contribution in [2.24, 2.45) is 17.3 Å². The minimum atomic E-state index is -0.507. The highest BCUT2D eigenvalue weighted by Crippen LogP contribution is 2.62. The molecule has 0 saturated heterocycles. The van der Waals surface area contributed by atoms with Crippen LogP contribution in [0.5, 0.6) is 0 Å². The van der Waals surface area contributed by atoms with E-state index in [0.29, 0.717) is 17.4 Å². The van der Waals surface area contributed by atoms with Gasteiger partial charge in [-0.15, -0.1) is 0 Å². The van der Waals surface area contributed by atoms with Crippen LogP contribution >= 0.6 is 0 Å². The molecule has 2 heteroatoms. The van der Waals surface area contributed by atoms with Crippen LogP contribution in [-0.2, 0) is 0 Å². The third-order valence-corrected chi connectivity index (χ3v) is 4.75. The zero-order valence-electron chi connectivity index (χ0n) is 9.09. The Hall–Kier alpha value is -0.0800. The summed E-state index contributed by atoms with van der Waals surface area (Å²) in [5, 5.41) is 13.7. The maximum absolute atomic E-state index is 10.4. The van der Waals surface area contributed by atoms with Crippen LogP contribution in [0.2, 0.25) is 0 Å². The molecule has 0 aromatic heterocycles. The normalized spacial score (nSPS) is 52.8. The summed E-state index contributed by atoms with van der Waals surface area (Å²) >= 11 is 0. The molecule has 76 valence electrons. The van der Waals surface area contributed by atoms with Crippen LogP contribution in [0, 0.1) is 17.3 Å². The third kappa shape index (κ3) is 1.02. The predicted molar refractivity (Wildman–Crippen MR) is 53.5 cm³/mol. The van der Waals surface area contributed by atoms with Gasteiger partial charge in [-0.1, -0.05) is 13.8 Å². The Morgan fingerprint density at radius 3 is 2.23 bits per heavy atom. The number of aliphatic hydroxyl groups is 1. The van der Waals surface area contributed by atoms with Crippen molar-refractivity contribution < 1.29 is 5.11 Å². The Morgan fingerprint density at radius 2 is 1.85 bits per heavy atom. The van der Waals surface area contributed by atoms with Crippen LogP contribution < -0.4 is 5.32 Å². The van der Waals surface area contributed by atoms with E-state index in [-0.39, 0.29) is 0 Å². The van der Waals surface area contributed by atoms with Crippen LogP contribution in [-0.4, -0.2) is 23.8 Å². The molecule has 3 aliphatic rings. The Labute approximate surface area is 80.7 Å². The van der Waals surface area contributed by atoms with Gasteiger partial charge in [-0.25, -0.2) is 0 Å². The van der Waals surface area contributed by atoms with E-state index in [2.05, 4.69) is 19.2 Å². The maximum atomic E-state index is 10.4. The van der Waals surface area contributed by atoms with Crippen LogP contribution in [0.3, 0.4) is 0 Å². The molecule has 0 radical (unpaired) electrons. The van der Waals surface area contributed by atoms with Gasteiger partial charge in [0.15, 0.2) is 0 Å². The summed E-state index contributed by atoms with van der Waals surface area (Å²) in [6, 6.07) is 0.296. The molecule has 3 fully saturated rings. The average Bonchev–Trinajstić information content (AvgIpc) is 2.01. The summed E-state index contributed by atoms with van der Waals surface area (Å²) in [5.41, 5.74) is -0.149. The second-order valence-electron chi connectivity index (χ2n) is 5.61. The quantitative estimate of drug-likeness (QED) is 0.644. The van der Waals surface area contributed by atoms with Crippen molar-refractivity contribution >= 4 is 0 Å². The highest BCUT2D eigenvalue weighted by Gasteiger charge is 2.62. The number of rotatable bonds is 1. The second-order valence-corrected chi connectivity index (χ2v) is 5.61. The number of likely N-dealkylation sites (N-methyl/N-ethyl adjacent to an activating group) is 1. The first kappa shape index (κ1) is 9.47. The van der Waals surface area contributed by atoms with Gasteiger partial charge in [0.25, 0.3) is 0 Å². The Balaban J connectivity index is 2.23. The van der Waals surface area contributed by atoms with Gasteiger partial charge in [-0.2, -0.15) is 0 Å². The van der Waals surface area contributed by atoms with Crippen molar-refractivity contribution in [2.75, 3.05) is 7.05 Å². The summed E-state index contributed by atoms with van der Waals surface area (Å²) in [4.78, 5) is 0. The Bertz CT molecular complexity index is 222. The topological polar surface area (TPSA) is 32.3 Å². The Kier molecular flexibility index (Phi) is 1.81. The number of hydrogen-bond acceptors (Lipinski definition) is 2. The van der Waals surface area contributed by atoms with Crippen LogP contribution in [0.4, 0.5) is 0 Å². The van der Waals surface area contributed by atoms with Crippen LogP contribution in [0.15, 0.2) is 0 Å². The van der Waals surface area contributed by atoms with Crippen LogP contribution in [0.1, 0.15) is 33.6 Å². The molecule has 0 aromatic carbocycles. The minimum absolute atomic E-state index is 0.296. The largest absolute Gasteiger partial charge is 0.388 e. The molecule has 2 bridgehead atoms. The van der Waals surface area contributed by atoms with Crippen molar-refractivity contribution in [1.29, 1.82) is 0 Å². The molecule has 2 nitrogen and oxygen atoms in total. The molecule has 0 aliphatic heterocycles. The molecule has 13 heavy (non-hydrogen) atoms. The van der Waals surface area contributed by atoms with Crippen LogP contribution in [0.25, 0.3) is 0 Å². The predicted octanol–water partition coefficient (Wildman–Crippen LogP) is 1.39. The molecular weight excluding hydrogens is 162 g/mol. The summed E-state index contributed by atoms with van der Waals surface area (Å²) in [5.74, 6) is 1.30. The van der Waals surface area contributed by atoms with E-state index < -0.39 is 5.60 Å². The first-order valence-corrected chi connectivity index (χ1v) is 5.30. The van der Waals surface area contributed by atoms with Gasteiger partial charge in [0.05, 0.1) is 5.60 Å². The van der Waals surface area contributed by atoms with E-state index in [9.17, 15) is 5.11 Å². The SMILES string of the molecule is CN[C@@H]1C[C@@H]2C[C@@H](C2(C)C)[C@]1(C)O. The van der Waals surface area contributed by atoms with Gasteiger partial charge in [-0.05, 0) is 44.1 Å². The fraction of sp³-hybridized carbons (Fsp3) is 1.00. The molecule has 3 rings (SSSR count). The smallest absolute Gasteiger partial charge is 0.0805 e. The summed E-state index contributed by atoms with van der Waals surface area (Å²) in [6.45, 7) is 6.59. The van der Waals surface area contributed by atoms with Gasteiger partial charge >= 0.3 is 0 Å². The lowest BCUT2D eigenvalue weighted by atomic mass is 9.43. The van der Waals surface area contributed by atoms with Gasteiger partial charge in [0, 0.05) is 6.04 Å². The monoisotopic (exact) mass is 183 g/mol. The fourth-order valence-corrected chi connectivity index (χ4v) is 3.58. The van der Waals surface area contributed by atoms with Gasteiger partial charge in [0.1, 0.15) is 0 Å². The van der Waals surface area contributed by atoms with E-state index >= 15 is 0 Å². The van der Waals surface area contributed by atoms with Gasteiger partial charge in [0.2, 0.25) is 0 Å². The van der Waals surface area contributed by atoms with Crippen molar-refractivity contribution in [3.05, 3.63) is 0 Å². The minimum Gasteiger partial charge on any atom is -0.388 e. The van der Waals surface area contributed by atoms with E-state index in [1.54, 1.807) is 0 Å². The summed E-state index contributed by atoms with van der Waals surface area (Å²) in [6.07, 6.45) is 2.35. The number of nitrogens with one attached hydrogen (secondary N) is 1. The number of hydrogen-bond donors (Lipinski definition) is 2. The number of fused-ring (bicyclic) bond motifs is 2. The van der Waals surface area contributed by atoms with Gasteiger partial charge < -0.3 is 10.4 Å². The fourth-order valence-electron chi connectivity index (χ4n) is 3.58. The first-order chi connectivity index (χ1) is 5.90. The van der Waals surface area contributed by atoms with Crippen molar-refractivity contribution in [3.8, 4) is 0 Å². The lowest BCUT2D eigenvalue weighted by molar-refractivity contribution is -0.208. The molecule has 3 saturated carbocycles. The summed E-state index contributed by atoms with van der Waals surface area (Å²) < 4.78 is 0. The highest BCUT2D eigenvalue weighted by atomic mass is 16.3. The average molecular weight is 183 g/mol. The lowest BCUT2D eigenvalue weighted by Gasteiger charge is -2.65. The molecule has 0 spiro atoms. The molecule has 0 unspecified atom stereocenters. The highest BCUT2D eigenvalue weighted by molar-refractivity contribution is 5.14. The van der Waals surface area contributed by atoms with Crippen molar-refractivity contribution in [1.82, 2.24) is 5.32 Å². The molecule has 4 atom stereocenters. The van der Waals surface area contributed by atoms with E-state index in [1.165, 1.54) is 6.42 Å². The zero-order valence-corrected chi connectivity index (χ0v) is 9.09. The third-order valence-electron chi connectivity index (χ3n) is 4.75.